The molecule has 0 spiro atoms. The minimum absolute atomic E-state index is 0.132. The molecule has 0 aliphatic rings. The smallest absolute Gasteiger partial charge is 0.167 e. The van der Waals surface area contributed by atoms with Crippen LogP contribution in [0.4, 0.5) is 0 Å². The number of benzene rings is 1. The highest BCUT2D eigenvalue weighted by Gasteiger charge is 2.17. The van der Waals surface area contributed by atoms with Gasteiger partial charge in [0.05, 0.1) is 5.92 Å². The molecule has 6 heteroatoms. The molecule has 0 fully saturated rings. The molecule has 1 atom stereocenters. The van der Waals surface area contributed by atoms with Crippen molar-refractivity contribution in [3.05, 3.63) is 48.3 Å². The number of imidazole rings is 1. The summed E-state index contributed by atoms with van der Waals surface area (Å²) in [5.74, 6) is 0.755. The topological polar surface area (TPSA) is 76.4 Å². The number of rotatable bonds is 5. The van der Waals surface area contributed by atoms with Gasteiger partial charge in [-0.05, 0) is 5.56 Å². The van der Waals surface area contributed by atoms with Crippen molar-refractivity contribution in [3.63, 3.8) is 0 Å². The van der Waals surface area contributed by atoms with Crippen LogP contribution in [0.5, 0.6) is 0 Å². The normalized spacial score (nSPS) is 13.4. The molecule has 1 aromatic heterocycles. The van der Waals surface area contributed by atoms with Crippen LogP contribution in [0.15, 0.2) is 53.0 Å². The zero-order chi connectivity index (χ0) is 13.7. The fourth-order valence-electron chi connectivity index (χ4n) is 1.76. The van der Waals surface area contributed by atoms with Crippen LogP contribution < -0.4 is 5.73 Å². The van der Waals surface area contributed by atoms with Gasteiger partial charge in [-0.3, -0.25) is 0 Å². The lowest BCUT2D eigenvalue weighted by Crippen LogP contribution is -2.24. The first-order chi connectivity index (χ1) is 9.22. The van der Waals surface area contributed by atoms with E-state index in [9.17, 15) is 0 Å². The third-order valence-corrected chi connectivity index (χ3v) is 3.98. The van der Waals surface area contributed by atoms with Crippen LogP contribution in [-0.4, -0.2) is 26.3 Å². The predicted molar refractivity (Wildman–Crippen MR) is 76.5 cm³/mol. The fraction of sp³-hybridized carbons (Fsp3) is 0.231. The molecule has 0 aliphatic carbocycles. The van der Waals surface area contributed by atoms with Gasteiger partial charge < -0.3 is 15.5 Å². The monoisotopic (exact) mass is 276 g/mol. The van der Waals surface area contributed by atoms with E-state index in [1.807, 2.05) is 48.1 Å². The van der Waals surface area contributed by atoms with Crippen LogP contribution in [0.3, 0.4) is 0 Å². The van der Waals surface area contributed by atoms with E-state index >= 15 is 0 Å². The van der Waals surface area contributed by atoms with E-state index in [2.05, 4.69) is 10.1 Å². The fourth-order valence-corrected chi connectivity index (χ4v) is 2.84. The van der Waals surface area contributed by atoms with Crippen LogP contribution in [0.25, 0.3) is 0 Å². The Hall–Kier alpha value is -1.95. The number of aromatic nitrogens is 2. The summed E-state index contributed by atoms with van der Waals surface area (Å²) >= 11 is 1.58. The number of nitrogens with zero attached hydrogens (tertiary/aromatic N) is 3. The largest absolute Gasteiger partial charge is 0.409 e. The molecule has 1 aromatic carbocycles. The maximum Gasteiger partial charge on any atom is 0.167 e. The van der Waals surface area contributed by atoms with E-state index in [0.717, 1.165) is 10.7 Å². The van der Waals surface area contributed by atoms with Crippen molar-refractivity contribution in [2.24, 2.45) is 17.9 Å². The molecule has 100 valence electrons. The van der Waals surface area contributed by atoms with Gasteiger partial charge in [-0.1, -0.05) is 47.2 Å². The molecular formula is C13H16N4OS. The maximum atomic E-state index is 8.91. The summed E-state index contributed by atoms with van der Waals surface area (Å²) in [7, 11) is 1.94. The highest BCUT2D eigenvalue weighted by molar-refractivity contribution is 7.99. The Kier molecular flexibility index (Phi) is 4.46. The summed E-state index contributed by atoms with van der Waals surface area (Å²) in [5.41, 5.74) is 6.81. The van der Waals surface area contributed by atoms with Gasteiger partial charge in [0.2, 0.25) is 0 Å². The van der Waals surface area contributed by atoms with Gasteiger partial charge in [0.25, 0.3) is 0 Å². The molecule has 2 aromatic rings. The molecule has 0 radical (unpaired) electrons. The molecule has 0 saturated heterocycles. The van der Waals surface area contributed by atoms with Crippen molar-refractivity contribution < 1.29 is 5.21 Å². The number of hydrogen-bond donors (Lipinski definition) is 2. The maximum absolute atomic E-state index is 8.91. The Balaban J connectivity index is 2.14. The minimum atomic E-state index is -0.132. The number of aryl methyl sites for hydroxylation is 1. The number of hydrogen-bond acceptors (Lipinski definition) is 4. The first-order valence-corrected chi connectivity index (χ1v) is 6.83. The summed E-state index contributed by atoms with van der Waals surface area (Å²) in [4.78, 5) is 4.25. The molecular weight excluding hydrogens is 260 g/mol. The summed E-state index contributed by atoms with van der Waals surface area (Å²) in [6.45, 7) is 0. The van der Waals surface area contributed by atoms with Crippen LogP contribution in [0.1, 0.15) is 11.5 Å². The first kappa shape index (κ1) is 13.5. The second-order valence-electron chi connectivity index (χ2n) is 4.12. The number of nitrogens with two attached hydrogens (primary N) is 1. The van der Waals surface area contributed by atoms with E-state index in [4.69, 9.17) is 10.9 Å². The van der Waals surface area contributed by atoms with E-state index in [1.54, 1.807) is 18.0 Å². The van der Waals surface area contributed by atoms with Gasteiger partial charge in [0.1, 0.15) is 5.84 Å². The van der Waals surface area contributed by atoms with Gasteiger partial charge >= 0.3 is 0 Å². The Labute approximate surface area is 116 Å². The van der Waals surface area contributed by atoms with Crippen LogP contribution >= 0.6 is 11.8 Å². The Morgan fingerprint density at radius 3 is 2.79 bits per heavy atom. The number of thioether (sulfide) groups is 1. The van der Waals surface area contributed by atoms with Gasteiger partial charge in [0.15, 0.2) is 5.16 Å². The average Bonchev–Trinajstić information content (AvgIpc) is 2.85. The third kappa shape index (κ3) is 3.29. The van der Waals surface area contributed by atoms with Crippen molar-refractivity contribution in [2.75, 3.05) is 5.75 Å². The Morgan fingerprint density at radius 2 is 2.21 bits per heavy atom. The van der Waals surface area contributed by atoms with Crippen LogP contribution in [-0.2, 0) is 7.05 Å². The minimum Gasteiger partial charge on any atom is -0.409 e. The molecule has 3 N–H and O–H groups in total. The van der Waals surface area contributed by atoms with Gasteiger partial charge in [-0.15, -0.1) is 0 Å². The SMILES string of the molecule is Cn1ccnc1SCC(C(N)=NO)c1ccccc1. The van der Waals surface area contributed by atoms with E-state index in [-0.39, 0.29) is 11.8 Å². The molecule has 0 bridgehead atoms. The first-order valence-electron chi connectivity index (χ1n) is 5.85. The lowest BCUT2D eigenvalue weighted by molar-refractivity contribution is 0.316. The molecule has 0 amide bonds. The van der Waals surface area contributed by atoms with Gasteiger partial charge in [-0.2, -0.15) is 0 Å². The quantitative estimate of drug-likeness (QED) is 0.288. The number of oxime groups is 1. The zero-order valence-electron chi connectivity index (χ0n) is 10.6. The van der Waals surface area contributed by atoms with Gasteiger partial charge in [0, 0.05) is 25.2 Å². The Morgan fingerprint density at radius 1 is 1.47 bits per heavy atom. The number of amidine groups is 1. The van der Waals surface area contributed by atoms with E-state index in [1.165, 1.54) is 0 Å². The lowest BCUT2D eigenvalue weighted by atomic mass is 10.0. The Bertz CT molecular complexity index is 553. The summed E-state index contributed by atoms with van der Waals surface area (Å²) in [6, 6.07) is 9.78. The van der Waals surface area contributed by atoms with Crippen molar-refractivity contribution in [1.29, 1.82) is 0 Å². The van der Waals surface area contributed by atoms with Crippen molar-refractivity contribution in [1.82, 2.24) is 9.55 Å². The summed E-state index contributed by atoms with van der Waals surface area (Å²) in [6.07, 6.45) is 3.65. The van der Waals surface area contributed by atoms with Crippen LogP contribution in [0, 0.1) is 0 Å². The van der Waals surface area contributed by atoms with E-state index < -0.39 is 0 Å². The highest BCUT2D eigenvalue weighted by atomic mass is 32.2. The molecule has 19 heavy (non-hydrogen) atoms. The van der Waals surface area contributed by atoms with Crippen LogP contribution in [0.2, 0.25) is 0 Å². The second kappa shape index (κ2) is 6.29. The van der Waals surface area contributed by atoms with Gasteiger partial charge in [-0.25, -0.2) is 4.98 Å². The predicted octanol–water partition coefficient (Wildman–Crippen LogP) is 2.04. The molecule has 0 aliphatic heterocycles. The average molecular weight is 276 g/mol. The zero-order valence-corrected chi connectivity index (χ0v) is 11.4. The highest BCUT2D eigenvalue weighted by Crippen LogP contribution is 2.25. The van der Waals surface area contributed by atoms with E-state index in [0.29, 0.717) is 5.75 Å². The lowest BCUT2D eigenvalue weighted by Gasteiger charge is -2.15. The molecule has 5 nitrogen and oxygen atoms in total. The van der Waals surface area contributed by atoms with Crippen molar-refractivity contribution in [2.45, 2.75) is 11.1 Å². The standard InChI is InChI=1S/C13H16N4OS/c1-17-8-7-15-13(17)19-9-11(12(14)16-18)10-5-3-2-4-6-10/h2-8,11,18H,9H2,1H3,(H2,14,16). The second-order valence-corrected chi connectivity index (χ2v) is 5.11. The summed E-state index contributed by atoms with van der Waals surface area (Å²) in [5, 5.41) is 13.0. The summed E-state index contributed by atoms with van der Waals surface area (Å²) < 4.78 is 1.94. The molecule has 1 unspecified atom stereocenters. The molecule has 1 heterocycles. The third-order valence-electron chi connectivity index (χ3n) is 2.83. The van der Waals surface area contributed by atoms with Crippen molar-refractivity contribution >= 4 is 17.6 Å². The molecule has 2 rings (SSSR count). The van der Waals surface area contributed by atoms with Crippen molar-refractivity contribution in [3.8, 4) is 0 Å². The molecule has 0 saturated carbocycles.